The maximum atomic E-state index is 12.7. The van der Waals surface area contributed by atoms with E-state index in [0.717, 1.165) is 5.76 Å². The SMILES string of the molecule is Cc1ccc(CN(C)S(=O)(=O)c2c(C)oc(C)c2CO)o1. The Kier molecular flexibility index (Phi) is 4.27. The zero-order chi connectivity index (χ0) is 15.8. The summed E-state index contributed by atoms with van der Waals surface area (Å²) < 4.78 is 37.3. The van der Waals surface area contributed by atoms with Gasteiger partial charge in [-0.15, -0.1) is 0 Å². The molecule has 0 atom stereocenters. The Balaban J connectivity index is 2.37. The van der Waals surface area contributed by atoms with E-state index < -0.39 is 10.0 Å². The van der Waals surface area contributed by atoms with Gasteiger partial charge in [0.05, 0.1) is 13.2 Å². The highest BCUT2D eigenvalue weighted by atomic mass is 32.2. The second-order valence-corrected chi connectivity index (χ2v) is 6.94. The van der Waals surface area contributed by atoms with Gasteiger partial charge in [0.15, 0.2) is 0 Å². The van der Waals surface area contributed by atoms with Gasteiger partial charge in [0.25, 0.3) is 0 Å². The number of hydrogen-bond acceptors (Lipinski definition) is 5. The van der Waals surface area contributed by atoms with Crippen LogP contribution in [0.2, 0.25) is 0 Å². The Hall–Kier alpha value is -1.57. The molecule has 6 nitrogen and oxygen atoms in total. The molecule has 2 heterocycles. The van der Waals surface area contributed by atoms with Crippen LogP contribution >= 0.6 is 0 Å². The van der Waals surface area contributed by atoms with Crippen LogP contribution < -0.4 is 0 Å². The molecule has 0 unspecified atom stereocenters. The first-order valence-corrected chi connectivity index (χ1v) is 7.92. The van der Waals surface area contributed by atoms with Gasteiger partial charge in [-0.2, -0.15) is 4.31 Å². The van der Waals surface area contributed by atoms with Crippen LogP contribution in [0.25, 0.3) is 0 Å². The summed E-state index contributed by atoms with van der Waals surface area (Å²) in [7, 11) is -2.29. The predicted molar refractivity (Wildman–Crippen MR) is 76.2 cm³/mol. The van der Waals surface area contributed by atoms with Crippen LogP contribution in [0, 0.1) is 20.8 Å². The molecular weight excluding hydrogens is 294 g/mol. The van der Waals surface area contributed by atoms with E-state index in [1.54, 1.807) is 32.9 Å². The summed E-state index contributed by atoms with van der Waals surface area (Å²) in [5.74, 6) is 1.97. The van der Waals surface area contributed by atoms with Crippen LogP contribution in [0.1, 0.15) is 28.6 Å². The first-order chi connectivity index (χ1) is 9.77. The third kappa shape index (κ3) is 2.90. The lowest BCUT2D eigenvalue weighted by atomic mass is 10.2. The maximum Gasteiger partial charge on any atom is 0.247 e. The maximum absolute atomic E-state index is 12.7. The summed E-state index contributed by atoms with van der Waals surface area (Å²) in [5.41, 5.74) is 0.301. The van der Waals surface area contributed by atoms with Crippen LogP contribution in [0.5, 0.6) is 0 Å². The number of furan rings is 2. The molecule has 2 aromatic heterocycles. The number of aryl methyl sites for hydroxylation is 3. The summed E-state index contributed by atoms with van der Waals surface area (Å²) >= 11 is 0. The van der Waals surface area contributed by atoms with Crippen molar-refractivity contribution in [3.05, 3.63) is 40.7 Å². The molecule has 2 rings (SSSR count). The minimum absolute atomic E-state index is 0.0354. The normalized spacial score (nSPS) is 12.3. The van der Waals surface area contributed by atoms with Gasteiger partial charge in [0.2, 0.25) is 10.0 Å². The molecule has 0 aliphatic heterocycles. The lowest BCUT2D eigenvalue weighted by Crippen LogP contribution is -2.27. The molecule has 0 bridgehead atoms. The Morgan fingerprint density at radius 2 is 1.81 bits per heavy atom. The summed E-state index contributed by atoms with van der Waals surface area (Å²) in [6, 6.07) is 3.52. The van der Waals surface area contributed by atoms with Crippen molar-refractivity contribution in [2.45, 2.75) is 38.8 Å². The molecule has 0 amide bonds. The van der Waals surface area contributed by atoms with E-state index in [1.165, 1.54) is 11.4 Å². The van der Waals surface area contributed by atoms with Crippen LogP contribution in [-0.4, -0.2) is 24.9 Å². The number of hydrogen-bond donors (Lipinski definition) is 1. The largest absolute Gasteiger partial charge is 0.465 e. The number of rotatable bonds is 5. The van der Waals surface area contributed by atoms with E-state index in [1.807, 2.05) is 0 Å². The van der Waals surface area contributed by atoms with Gasteiger partial charge in [-0.05, 0) is 32.9 Å². The molecule has 0 aromatic carbocycles. The molecule has 116 valence electrons. The van der Waals surface area contributed by atoms with Crippen LogP contribution in [-0.2, 0) is 23.2 Å². The lowest BCUT2D eigenvalue weighted by Gasteiger charge is -2.16. The van der Waals surface area contributed by atoms with E-state index in [4.69, 9.17) is 8.83 Å². The molecule has 2 aromatic rings. The number of nitrogens with zero attached hydrogens (tertiary/aromatic N) is 1. The first-order valence-electron chi connectivity index (χ1n) is 6.48. The van der Waals surface area contributed by atoms with Gasteiger partial charge in [-0.3, -0.25) is 0 Å². The van der Waals surface area contributed by atoms with Gasteiger partial charge in [0, 0.05) is 12.6 Å². The number of sulfonamides is 1. The van der Waals surface area contributed by atoms with Gasteiger partial charge >= 0.3 is 0 Å². The van der Waals surface area contributed by atoms with Crippen molar-refractivity contribution in [2.24, 2.45) is 0 Å². The average Bonchev–Trinajstić information content (AvgIpc) is 2.92. The predicted octanol–water partition coefficient (Wildman–Crippen LogP) is 2.11. The van der Waals surface area contributed by atoms with Crippen molar-refractivity contribution in [2.75, 3.05) is 7.05 Å². The molecule has 0 saturated heterocycles. The summed E-state index contributed by atoms with van der Waals surface area (Å²) in [4.78, 5) is 0.0354. The van der Waals surface area contributed by atoms with Gasteiger partial charge in [0.1, 0.15) is 27.9 Å². The fourth-order valence-corrected chi connectivity index (χ4v) is 3.79. The molecular formula is C14H19NO5S. The molecule has 21 heavy (non-hydrogen) atoms. The molecule has 0 spiro atoms. The topological polar surface area (TPSA) is 83.9 Å². The number of aliphatic hydroxyl groups excluding tert-OH is 1. The first kappa shape index (κ1) is 15.8. The van der Waals surface area contributed by atoms with Crippen LogP contribution in [0.15, 0.2) is 25.9 Å². The summed E-state index contributed by atoms with van der Waals surface area (Å²) in [6.45, 7) is 4.74. The Bertz CT molecular complexity index is 742. The van der Waals surface area contributed by atoms with Crippen molar-refractivity contribution >= 4 is 10.0 Å². The minimum atomic E-state index is -3.76. The molecule has 0 radical (unpaired) electrons. The van der Waals surface area contributed by atoms with E-state index in [0.29, 0.717) is 17.1 Å². The van der Waals surface area contributed by atoms with Gasteiger partial charge < -0.3 is 13.9 Å². The van der Waals surface area contributed by atoms with E-state index in [-0.39, 0.29) is 23.8 Å². The van der Waals surface area contributed by atoms with Gasteiger partial charge in [-0.1, -0.05) is 0 Å². The quantitative estimate of drug-likeness (QED) is 0.914. The molecule has 0 aliphatic carbocycles. The smallest absolute Gasteiger partial charge is 0.247 e. The molecule has 0 fully saturated rings. The average molecular weight is 313 g/mol. The second kappa shape index (κ2) is 5.67. The molecule has 1 N–H and O–H groups in total. The zero-order valence-electron chi connectivity index (χ0n) is 12.5. The van der Waals surface area contributed by atoms with E-state index >= 15 is 0 Å². The third-order valence-electron chi connectivity index (χ3n) is 3.33. The highest BCUT2D eigenvalue weighted by Gasteiger charge is 2.30. The van der Waals surface area contributed by atoms with Crippen LogP contribution in [0.3, 0.4) is 0 Å². The lowest BCUT2D eigenvalue weighted by molar-refractivity contribution is 0.276. The molecule has 0 aliphatic rings. The van der Waals surface area contributed by atoms with Crippen molar-refractivity contribution in [3.8, 4) is 0 Å². The fourth-order valence-electron chi connectivity index (χ4n) is 2.26. The summed E-state index contributed by atoms with van der Waals surface area (Å²) in [6.07, 6.45) is 0. The standard InChI is InChI=1S/C14H19NO5S/c1-9-5-6-12(19-9)7-15(4)21(17,18)14-11(3)20-10(2)13(14)8-16/h5-6,16H,7-8H2,1-4H3. The number of aliphatic hydroxyl groups is 1. The van der Waals surface area contributed by atoms with Crippen LogP contribution in [0.4, 0.5) is 0 Å². The van der Waals surface area contributed by atoms with Crippen molar-refractivity contribution in [3.63, 3.8) is 0 Å². The fraction of sp³-hybridized carbons (Fsp3) is 0.429. The summed E-state index contributed by atoms with van der Waals surface area (Å²) in [5, 5.41) is 9.39. The highest BCUT2D eigenvalue weighted by Crippen LogP contribution is 2.29. The Morgan fingerprint density at radius 3 is 2.33 bits per heavy atom. The zero-order valence-corrected chi connectivity index (χ0v) is 13.3. The van der Waals surface area contributed by atoms with E-state index in [2.05, 4.69) is 0 Å². The monoisotopic (exact) mass is 313 g/mol. The Labute approximate surface area is 124 Å². The Morgan fingerprint density at radius 1 is 1.14 bits per heavy atom. The van der Waals surface area contributed by atoms with Crippen molar-refractivity contribution in [1.29, 1.82) is 0 Å². The van der Waals surface area contributed by atoms with Crippen molar-refractivity contribution < 1.29 is 22.4 Å². The second-order valence-electron chi connectivity index (χ2n) is 4.95. The van der Waals surface area contributed by atoms with E-state index in [9.17, 15) is 13.5 Å². The van der Waals surface area contributed by atoms with Crippen molar-refractivity contribution in [1.82, 2.24) is 4.31 Å². The third-order valence-corrected chi connectivity index (χ3v) is 5.33. The minimum Gasteiger partial charge on any atom is -0.465 e. The van der Waals surface area contributed by atoms with Gasteiger partial charge in [-0.25, -0.2) is 8.42 Å². The molecule has 7 heteroatoms. The highest BCUT2D eigenvalue weighted by molar-refractivity contribution is 7.89. The molecule has 0 saturated carbocycles.